The van der Waals surface area contributed by atoms with Crippen LogP contribution in [0.3, 0.4) is 0 Å². The average Bonchev–Trinajstić information content (AvgIpc) is 1.54. The van der Waals surface area contributed by atoms with Crippen LogP contribution in [-0.4, -0.2) is 209 Å². The largest absolute Gasteiger partial charge is 0.469 e. The fourth-order valence-electron chi connectivity index (χ4n) is 27.5. The maximum Gasteiger partial charge on any atom is 0.312 e. The molecule has 9 heterocycles. The molecule has 21 aliphatic rings. The molecular formula is C106H152O33. The Labute approximate surface area is 815 Å². The molecule has 0 aromatic rings. The molecule has 33 nitrogen and oxygen atoms in total. The van der Waals surface area contributed by atoms with Crippen LogP contribution in [0.1, 0.15) is 292 Å². The highest BCUT2D eigenvalue weighted by Crippen LogP contribution is 2.67. The van der Waals surface area contributed by atoms with Gasteiger partial charge in [0.1, 0.15) is 54.9 Å². The van der Waals surface area contributed by atoms with Crippen molar-refractivity contribution in [2.45, 2.75) is 365 Å². The van der Waals surface area contributed by atoms with E-state index >= 15 is 0 Å². The van der Waals surface area contributed by atoms with Crippen LogP contribution in [-0.2, 0) is 157 Å². The van der Waals surface area contributed by atoms with Crippen LogP contribution in [0.25, 0.3) is 0 Å². The Kier molecular flexibility index (Phi) is 30.9. The van der Waals surface area contributed by atoms with E-state index in [4.69, 9.17) is 80.5 Å². The fraction of sp³-hybridized carbons (Fsp3) is 0.849. The predicted molar refractivity (Wildman–Crippen MR) is 487 cm³/mol. The van der Waals surface area contributed by atoms with E-state index in [0.717, 1.165) is 116 Å². The molecule has 14 bridgehead atoms. The van der Waals surface area contributed by atoms with E-state index in [-0.39, 0.29) is 214 Å². The van der Waals surface area contributed by atoms with Gasteiger partial charge in [-0.3, -0.25) is 76.7 Å². The number of carbonyl (C=O) groups excluding carboxylic acids is 16. The molecule has 0 amide bonds. The highest BCUT2D eigenvalue weighted by atomic mass is 16.7. The van der Waals surface area contributed by atoms with E-state index in [1.165, 1.54) is 7.11 Å². The second kappa shape index (κ2) is 40.9. The van der Waals surface area contributed by atoms with Gasteiger partial charge < -0.3 is 80.5 Å². The third kappa shape index (κ3) is 19.6. The first-order valence-electron chi connectivity index (χ1n) is 52.4. The van der Waals surface area contributed by atoms with Gasteiger partial charge in [-0.1, -0.05) is 76.2 Å². The van der Waals surface area contributed by atoms with Crippen LogP contribution in [0.5, 0.6) is 0 Å². The van der Waals surface area contributed by atoms with Crippen molar-refractivity contribution in [2.24, 2.45) is 162 Å². The van der Waals surface area contributed by atoms with E-state index in [9.17, 15) is 76.7 Å². The summed E-state index contributed by atoms with van der Waals surface area (Å²) in [6.45, 7) is 36.7. The SMILES string of the molecule is CCC(C)(C)C(=O)OC1C2CC3C(=O)OC1C3O2.CCC(C)(C)C(=O)OC1C2CC3C1OC(=O)C3C2C(=O)OC.CCC(C)C(=O)OC1CC2CC1C1(CCOC1=O)C2.CCC(C)C(=O)OC1CC2CC1C1(COC(=O)C1)C2.CCC(C)C(=O)OC1CC2CC1CC21CCOC1=O.CCC(C)C(=O)OC1CC2CC1CC21COC(=O)C1.CCOC(=O)C1C2CC3C(OC(=O)C31)C2OC(=O)C(C)(C)CC. The molecule has 139 heavy (non-hydrogen) atoms. The molecule has 0 aromatic carbocycles. The second-order valence-electron chi connectivity index (χ2n) is 46.7. The molecule has 12 saturated carbocycles. The third-order valence-electron chi connectivity index (χ3n) is 37.7. The van der Waals surface area contributed by atoms with Gasteiger partial charge in [0, 0.05) is 46.3 Å². The van der Waals surface area contributed by atoms with Crippen LogP contribution >= 0.6 is 0 Å². The predicted octanol–water partition coefficient (Wildman–Crippen LogP) is 13.3. The number of ether oxygens (including phenoxy) is 17. The summed E-state index contributed by atoms with van der Waals surface area (Å²) in [5.74, 6) is -2.44. The van der Waals surface area contributed by atoms with Crippen molar-refractivity contribution >= 4 is 95.5 Å². The van der Waals surface area contributed by atoms with Crippen LogP contribution in [0.15, 0.2) is 0 Å². The minimum absolute atomic E-state index is 0.00768. The zero-order chi connectivity index (χ0) is 101. The highest BCUT2D eigenvalue weighted by Gasteiger charge is 2.74. The summed E-state index contributed by atoms with van der Waals surface area (Å²) in [6, 6.07) is 0. The monoisotopic (exact) mass is 1950 g/mol. The van der Waals surface area contributed by atoms with Gasteiger partial charge in [0.15, 0.2) is 12.2 Å². The van der Waals surface area contributed by atoms with Crippen molar-refractivity contribution < 1.29 is 157 Å². The lowest BCUT2D eigenvalue weighted by molar-refractivity contribution is -0.173. The molecule has 21 rings (SSSR count). The Morgan fingerprint density at radius 2 is 0.813 bits per heavy atom. The fourth-order valence-corrected chi connectivity index (χ4v) is 27.5. The number of hydrogen-bond acceptors (Lipinski definition) is 33. The number of cyclic esters (lactones) is 4. The Morgan fingerprint density at radius 1 is 0.396 bits per heavy atom. The van der Waals surface area contributed by atoms with Gasteiger partial charge in [0.25, 0.3) is 0 Å². The topological polar surface area (TPSA) is 430 Å². The number of methoxy groups -OCH3 is 1. The van der Waals surface area contributed by atoms with Gasteiger partial charge in [-0.05, 0) is 238 Å². The van der Waals surface area contributed by atoms with Crippen molar-refractivity contribution in [2.75, 3.05) is 40.1 Å². The third-order valence-corrected chi connectivity index (χ3v) is 37.7. The number of esters is 16. The standard InChI is InChI=1S/C17H24O6.C16H22O6.4C15H22O4.C13H18O5/c1-5-17(3,4)16(20)23-13-8-7-9-11(15(19)22-12(9)13)10(8)14(18)21-6-2;1-5-16(2,3)15(19)22-12-7-6-8-10(9(7)13(17)20-4)14(18)21-11(8)12;1-3-9(2)14(17)19-12-5-11-4-10(12)6-15(11)7-13(16)18-8-15;1-3-9(2)14(17)19-12-5-10-4-11(12)15(6-10)7-13(16)18-8-15;1-3-9(2)13(16)19-12-7-11-6-10(12)8-15(11)4-5-18-14(15)17;1-3-9(2)13(16)19-12-7-10-6-11(12)15(8-10)4-5-18-14(15)17;1-4-13(2,3)12(15)18-9-7-5-6-8(16-7)10(9)17-11(6)14/h8-13H,5-7H2,1-4H3;7-12H,5-6H2,1-4H3;4*9-12H,3-8H2,1-2H3;6-10H,4-5H2,1-3H3. The molecule has 0 N–H and O–H groups in total. The maximum absolute atomic E-state index is 12.4. The van der Waals surface area contributed by atoms with E-state index in [1.807, 2.05) is 118 Å². The summed E-state index contributed by atoms with van der Waals surface area (Å²) < 4.78 is 92.1. The molecule has 4 spiro atoms. The first-order valence-corrected chi connectivity index (χ1v) is 52.4. The summed E-state index contributed by atoms with van der Waals surface area (Å²) >= 11 is 0. The maximum atomic E-state index is 12.4. The van der Waals surface area contributed by atoms with E-state index in [0.29, 0.717) is 119 Å². The molecule has 774 valence electrons. The summed E-state index contributed by atoms with van der Waals surface area (Å²) in [7, 11) is 1.31. The van der Waals surface area contributed by atoms with Crippen molar-refractivity contribution in [1.82, 2.24) is 0 Å². The zero-order valence-electron chi connectivity index (χ0n) is 84.9. The van der Waals surface area contributed by atoms with E-state index < -0.39 is 82.5 Å². The lowest BCUT2D eigenvalue weighted by Crippen LogP contribution is -2.45. The molecule has 0 radical (unpaired) electrons. The minimum atomic E-state index is -0.594. The van der Waals surface area contributed by atoms with Crippen molar-refractivity contribution in [1.29, 1.82) is 0 Å². The van der Waals surface area contributed by atoms with Crippen LogP contribution < -0.4 is 0 Å². The lowest BCUT2D eigenvalue weighted by atomic mass is 9.71. The van der Waals surface area contributed by atoms with Crippen molar-refractivity contribution in [3.63, 3.8) is 0 Å². The molecule has 37 atom stereocenters. The Morgan fingerprint density at radius 3 is 1.22 bits per heavy atom. The minimum Gasteiger partial charge on any atom is -0.469 e. The molecule has 9 saturated heterocycles. The number of rotatable bonds is 24. The van der Waals surface area contributed by atoms with Gasteiger partial charge in [-0.2, -0.15) is 0 Å². The number of hydrogen-bond donors (Lipinski definition) is 0. The summed E-state index contributed by atoms with van der Waals surface area (Å²) in [4.78, 5) is 191. The van der Waals surface area contributed by atoms with Gasteiger partial charge in [-0.15, -0.1) is 0 Å². The van der Waals surface area contributed by atoms with Crippen LogP contribution in [0.4, 0.5) is 0 Å². The number of carbonyl (C=O) groups is 16. The van der Waals surface area contributed by atoms with Crippen LogP contribution in [0.2, 0.25) is 0 Å². The molecule has 33 heteroatoms. The Hall–Kier alpha value is -8.52. The number of fused-ring (bicyclic) bond motifs is 15. The highest BCUT2D eigenvalue weighted by molar-refractivity contribution is 5.89. The Balaban J connectivity index is 0.000000123. The summed E-state index contributed by atoms with van der Waals surface area (Å²) in [6.07, 6.45) is 18.7. The summed E-state index contributed by atoms with van der Waals surface area (Å²) in [5, 5.41) is 0. The molecule has 9 aliphatic heterocycles. The van der Waals surface area contributed by atoms with Crippen molar-refractivity contribution in [3.8, 4) is 0 Å². The molecule has 21 fully saturated rings. The molecule has 0 aromatic heterocycles. The van der Waals surface area contributed by atoms with Crippen molar-refractivity contribution in [3.05, 3.63) is 0 Å². The van der Waals surface area contributed by atoms with Gasteiger partial charge >= 0.3 is 95.5 Å². The Bertz CT molecular complexity index is 4680. The van der Waals surface area contributed by atoms with Gasteiger partial charge in [0.2, 0.25) is 0 Å². The van der Waals surface area contributed by atoms with Gasteiger partial charge in [-0.25, -0.2) is 0 Å². The lowest BCUT2D eigenvalue weighted by Gasteiger charge is -2.36. The van der Waals surface area contributed by atoms with E-state index in [1.54, 1.807) is 6.92 Å². The molecule has 37 unspecified atom stereocenters. The quantitative estimate of drug-likeness (QED) is 0.0639. The summed E-state index contributed by atoms with van der Waals surface area (Å²) in [5.41, 5.74) is -2.22. The molecular weight excluding hydrogens is 1800 g/mol. The average molecular weight is 1950 g/mol. The second-order valence-corrected chi connectivity index (χ2v) is 46.7. The molecule has 12 aliphatic carbocycles. The first-order chi connectivity index (χ1) is 65.8. The van der Waals surface area contributed by atoms with E-state index in [2.05, 4.69) is 0 Å². The smallest absolute Gasteiger partial charge is 0.312 e. The van der Waals surface area contributed by atoms with Crippen LogP contribution in [0, 0.1) is 162 Å². The van der Waals surface area contributed by atoms with Gasteiger partial charge in [0.05, 0.1) is 139 Å². The normalized spacial score (nSPS) is 40.4. The zero-order valence-corrected chi connectivity index (χ0v) is 84.9. The first kappa shape index (κ1) is 105.